The largest absolute Gasteiger partial charge is 0.504 e. The summed E-state index contributed by atoms with van der Waals surface area (Å²) in [6.07, 6.45) is -3.55. The zero-order valence-electron chi connectivity index (χ0n) is 7.72. The molecule has 0 saturated heterocycles. The zero-order valence-corrected chi connectivity index (χ0v) is 7.72. The molecule has 0 aliphatic heterocycles. The van der Waals surface area contributed by atoms with E-state index in [1.165, 1.54) is 0 Å². The van der Waals surface area contributed by atoms with E-state index in [1.807, 2.05) is 0 Å². The highest BCUT2D eigenvalue weighted by Crippen LogP contribution is 2.32. The Morgan fingerprint density at radius 1 is 1.69 bits per heavy atom. The molecule has 0 fully saturated rings. The van der Waals surface area contributed by atoms with Gasteiger partial charge in [0, 0.05) is 6.07 Å². The van der Waals surface area contributed by atoms with Crippen LogP contribution < -0.4 is 0 Å². The number of nitrogens with zero attached hydrogens (tertiary/aromatic N) is 3. The Kier molecular flexibility index (Phi) is 3.30. The van der Waals surface area contributed by atoms with E-state index in [9.17, 15) is 24.0 Å². The summed E-state index contributed by atoms with van der Waals surface area (Å²) in [5.41, 5.74) is -1.32. The molecule has 1 heterocycles. The fraction of sp³-hybridized carbons (Fsp3) is 0.250. The van der Waals surface area contributed by atoms with Crippen molar-refractivity contribution in [3.63, 3.8) is 0 Å². The van der Waals surface area contributed by atoms with Crippen LogP contribution in [0.4, 0.5) is 14.6 Å². The molecule has 1 N–H and O–H groups in total. The van der Waals surface area contributed by atoms with Gasteiger partial charge in [-0.3, -0.25) is 0 Å². The second-order valence-corrected chi connectivity index (χ2v) is 2.76. The van der Waals surface area contributed by atoms with Crippen molar-refractivity contribution in [2.75, 3.05) is 0 Å². The number of pyridine rings is 1. The van der Waals surface area contributed by atoms with Gasteiger partial charge < -0.3 is 15.2 Å². The Morgan fingerprint density at radius 2 is 2.31 bits per heavy atom. The minimum atomic E-state index is -3.07. The molecule has 84 valence electrons. The fourth-order valence-corrected chi connectivity index (χ4v) is 1.06. The predicted octanol–water partition coefficient (Wildman–Crippen LogP) is 1.70. The molecule has 0 atom stereocenters. The second-order valence-electron chi connectivity index (χ2n) is 2.76. The average Bonchev–Trinajstić information content (AvgIpc) is 2.20. The molecule has 0 spiro atoms. The number of hydrogen-bond donors (Lipinski definition) is 1. The number of hydrogen-bond acceptors (Lipinski definition) is 5. The summed E-state index contributed by atoms with van der Waals surface area (Å²) in [5, 5.41) is 28.0. The summed E-state index contributed by atoms with van der Waals surface area (Å²) >= 11 is 0. The average molecular weight is 229 g/mol. The number of nitro groups is 1. The van der Waals surface area contributed by atoms with Crippen LogP contribution in [0.25, 0.3) is 0 Å². The van der Waals surface area contributed by atoms with Gasteiger partial charge in [0.2, 0.25) is 5.69 Å². The van der Waals surface area contributed by atoms with Crippen molar-refractivity contribution in [3.8, 4) is 11.8 Å². The summed E-state index contributed by atoms with van der Waals surface area (Å²) in [7, 11) is 0. The van der Waals surface area contributed by atoms with Crippen LogP contribution in [0.1, 0.15) is 17.7 Å². The Balaban J connectivity index is 3.40. The normalized spacial score (nSPS) is 10.1. The van der Waals surface area contributed by atoms with Gasteiger partial charge >= 0.3 is 5.82 Å². The van der Waals surface area contributed by atoms with Crippen molar-refractivity contribution in [1.29, 1.82) is 5.26 Å². The van der Waals surface area contributed by atoms with Crippen LogP contribution in [-0.4, -0.2) is 15.0 Å². The van der Waals surface area contributed by atoms with Crippen LogP contribution in [0, 0.1) is 21.4 Å². The second kappa shape index (κ2) is 4.48. The van der Waals surface area contributed by atoms with Crippen LogP contribution in [0.2, 0.25) is 0 Å². The molecule has 0 radical (unpaired) electrons. The highest BCUT2D eigenvalue weighted by Gasteiger charge is 2.24. The third-order valence-electron chi connectivity index (χ3n) is 1.75. The maximum absolute atomic E-state index is 12.4. The van der Waals surface area contributed by atoms with Gasteiger partial charge in [-0.1, -0.05) is 0 Å². The van der Waals surface area contributed by atoms with Gasteiger partial charge in [0.1, 0.15) is 6.42 Å². The monoisotopic (exact) mass is 229 g/mol. The molecule has 8 heteroatoms. The predicted molar refractivity (Wildman–Crippen MR) is 46.8 cm³/mol. The molecule has 0 amide bonds. The van der Waals surface area contributed by atoms with E-state index in [-0.39, 0.29) is 0 Å². The SMILES string of the molecule is N#CCc1nc([N+](=O)[O-])cc(C(F)F)c1O. The molecular weight excluding hydrogens is 224 g/mol. The standard InChI is InChI=1S/C8H5F2N3O3/c9-8(10)4-3-6(13(15)16)12-5(1-2-11)7(4)14/h3,8,14H,1H2. The van der Waals surface area contributed by atoms with Crippen molar-refractivity contribution in [2.45, 2.75) is 12.8 Å². The number of nitriles is 1. The van der Waals surface area contributed by atoms with E-state index in [4.69, 9.17) is 5.26 Å². The highest BCUT2D eigenvalue weighted by molar-refractivity contribution is 5.43. The molecule has 0 aliphatic rings. The number of alkyl halides is 2. The summed E-state index contributed by atoms with van der Waals surface area (Å²) in [5.74, 6) is -1.69. The van der Waals surface area contributed by atoms with E-state index >= 15 is 0 Å². The van der Waals surface area contributed by atoms with E-state index < -0.39 is 40.6 Å². The van der Waals surface area contributed by atoms with Crippen LogP contribution in [0.5, 0.6) is 5.75 Å². The van der Waals surface area contributed by atoms with E-state index in [0.29, 0.717) is 6.07 Å². The molecule has 6 nitrogen and oxygen atoms in total. The van der Waals surface area contributed by atoms with Crippen LogP contribution in [-0.2, 0) is 6.42 Å². The minimum absolute atomic E-state index is 0.424. The zero-order chi connectivity index (χ0) is 12.3. The van der Waals surface area contributed by atoms with E-state index in [2.05, 4.69) is 4.98 Å². The first-order valence-electron chi connectivity index (χ1n) is 3.99. The van der Waals surface area contributed by atoms with Crippen LogP contribution in [0.15, 0.2) is 6.07 Å². The number of halogens is 2. The molecule has 0 saturated carbocycles. The van der Waals surface area contributed by atoms with Gasteiger partial charge in [0.05, 0.1) is 11.6 Å². The summed E-state index contributed by atoms with van der Waals surface area (Å²) < 4.78 is 24.8. The van der Waals surface area contributed by atoms with Gasteiger partial charge in [-0.05, 0) is 9.91 Å². The van der Waals surface area contributed by atoms with Crippen molar-refractivity contribution in [1.82, 2.24) is 4.98 Å². The van der Waals surface area contributed by atoms with Crippen molar-refractivity contribution in [2.24, 2.45) is 0 Å². The highest BCUT2D eigenvalue weighted by atomic mass is 19.3. The lowest BCUT2D eigenvalue weighted by Crippen LogP contribution is -2.00. The van der Waals surface area contributed by atoms with Gasteiger partial charge in [-0.2, -0.15) is 5.26 Å². The Labute approximate surface area is 87.9 Å². The lowest BCUT2D eigenvalue weighted by molar-refractivity contribution is -0.389. The van der Waals surface area contributed by atoms with Gasteiger partial charge in [-0.25, -0.2) is 8.78 Å². The minimum Gasteiger partial charge on any atom is -0.504 e. The lowest BCUT2D eigenvalue weighted by Gasteiger charge is -2.03. The maximum Gasteiger partial charge on any atom is 0.364 e. The van der Waals surface area contributed by atoms with E-state index in [1.54, 1.807) is 6.07 Å². The topological polar surface area (TPSA) is 100 Å². The number of aromatic nitrogens is 1. The molecule has 0 unspecified atom stereocenters. The first-order chi connectivity index (χ1) is 7.47. The molecule has 0 aromatic carbocycles. The van der Waals surface area contributed by atoms with Crippen LogP contribution >= 0.6 is 0 Å². The smallest absolute Gasteiger partial charge is 0.364 e. The fourth-order valence-electron chi connectivity index (χ4n) is 1.06. The molecule has 1 rings (SSSR count). The molecule has 0 bridgehead atoms. The van der Waals surface area contributed by atoms with Gasteiger partial charge in [-0.15, -0.1) is 0 Å². The van der Waals surface area contributed by atoms with Crippen molar-refractivity contribution >= 4 is 5.82 Å². The van der Waals surface area contributed by atoms with Crippen molar-refractivity contribution in [3.05, 3.63) is 27.4 Å². The summed E-state index contributed by atoms with van der Waals surface area (Å²) in [6.45, 7) is 0. The Morgan fingerprint density at radius 3 is 2.75 bits per heavy atom. The van der Waals surface area contributed by atoms with Gasteiger partial charge in [0.15, 0.2) is 5.75 Å². The third kappa shape index (κ3) is 2.20. The molecule has 0 aliphatic carbocycles. The molecule has 1 aromatic heterocycles. The Hall–Kier alpha value is -2.30. The Bertz CT molecular complexity index is 470. The number of rotatable bonds is 3. The first-order valence-corrected chi connectivity index (χ1v) is 3.99. The van der Waals surface area contributed by atoms with Crippen LogP contribution in [0.3, 0.4) is 0 Å². The molecule has 1 aromatic rings. The van der Waals surface area contributed by atoms with Crippen molar-refractivity contribution < 1.29 is 18.8 Å². The maximum atomic E-state index is 12.4. The molecule has 16 heavy (non-hydrogen) atoms. The van der Waals surface area contributed by atoms with Gasteiger partial charge in [0.25, 0.3) is 6.43 Å². The van der Waals surface area contributed by atoms with E-state index in [0.717, 1.165) is 0 Å². The molecular formula is C8H5F2N3O3. The first kappa shape index (κ1) is 11.8. The third-order valence-corrected chi connectivity index (χ3v) is 1.75. The lowest BCUT2D eigenvalue weighted by atomic mass is 10.1. The summed E-state index contributed by atoms with van der Waals surface area (Å²) in [4.78, 5) is 12.7. The quantitative estimate of drug-likeness (QED) is 0.627. The summed E-state index contributed by atoms with van der Waals surface area (Å²) in [6, 6.07) is 2.05. The number of aromatic hydroxyl groups is 1.